The SMILES string of the molecule is C#CCN(Cc1ccc(F)cc1)C(=O)C(C)Oc1cccc(Cl)c1. The molecule has 0 aliphatic heterocycles. The minimum Gasteiger partial charge on any atom is -0.481 e. The van der Waals surface area contributed by atoms with Crippen molar-refractivity contribution in [2.45, 2.75) is 19.6 Å². The number of hydrogen-bond donors (Lipinski definition) is 0. The van der Waals surface area contributed by atoms with Gasteiger partial charge < -0.3 is 9.64 Å². The Morgan fingerprint density at radius 2 is 2.04 bits per heavy atom. The number of benzene rings is 2. The van der Waals surface area contributed by atoms with Gasteiger partial charge in [0.1, 0.15) is 11.6 Å². The molecule has 1 amide bonds. The van der Waals surface area contributed by atoms with Crippen molar-refractivity contribution < 1.29 is 13.9 Å². The van der Waals surface area contributed by atoms with Gasteiger partial charge in [-0.1, -0.05) is 35.7 Å². The fraction of sp³-hybridized carbons (Fsp3) is 0.211. The Hall–Kier alpha value is -2.51. The molecular formula is C19H17ClFNO2. The van der Waals surface area contributed by atoms with Crippen molar-refractivity contribution in [1.82, 2.24) is 4.90 Å². The molecule has 2 aromatic carbocycles. The van der Waals surface area contributed by atoms with Gasteiger partial charge in [-0.25, -0.2) is 4.39 Å². The lowest BCUT2D eigenvalue weighted by atomic mass is 10.2. The molecular weight excluding hydrogens is 329 g/mol. The van der Waals surface area contributed by atoms with Gasteiger partial charge in [0.15, 0.2) is 6.10 Å². The van der Waals surface area contributed by atoms with Crippen molar-refractivity contribution in [3.05, 3.63) is 64.9 Å². The Balaban J connectivity index is 2.07. The Morgan fingerprint density at radius 1 is 1.33 bits per heavy atom. The molecule has 124 valence electrons. The van der Waals surface area contributed by atoms with Crippen molar-refractivity contribution >= 4 is 17.5 Å². The molecule has 2 rings (SSSR count). The maximum Gasteiger partial charge on any atom is 0.264 e. The second kappa shape index (κ2) is 8.37. The minimum absolute atomic E-state index is 0.138. The van der Waals surface area contributed by atoms with Crippen molar-refractivity contribution in [1.29, 1.82) is 0 Å². The highest BCUT2D eigenvalue weighted by atomic mass is 35.5. The number of hydrogen-bond acceptors (Lipinski definition) is 2. The molecule has 1 unspecified atom stereocenters. The lowest BCUT2D eigenvalue weighted by Gasteiger charge is -2.24. The molecule has 0 radical (unpaired) electrons. The van der Waals surface area contributed by atoms with Gasteiger partial charge in [-0.3, -0.25) is 4.79 Å². The summed E-state index contributed by atoms with van der Waals surface area (Å²) in [5.74, 6) is 2.39. The lowest BCUT2D eigenvalue weighted by Crippen LogP contribution is -2.40. The minimum atomic E-state index is -0.725. The van der Waals surface area contributed by atoms with E-state index in [1.54, 1.807) is 43.3 Å². The normalized spacial score (nSPS) is 11.4. The van der Waals surface area contributed by atoms with Gasteiger partial charge in [0.05, 0.1) is 6.54 Å². The molecule has 0 fully saturated rings. The van der Waals surface area contributed by atoms with E-state index in [2.05, 4.69) is 5.92 Å². The standard InChI is InChI=1S/C19H17ClFNO2/c1-3-11-22(13-15-7-9-17(21)10-8-15)19(23)14(2)24-18-6-4-5-16(20)12-18/h1,4-10,12,14H,11,13H2,2H3. The smallest absolute Gasteiger partial charge is 0.264 e. The van der Waals surface area contributed by atoms with Crippen LogP contribution >= 0.6 is 11.6 Å². The van der Waals surface area contributed by atoms with Crippen LogP contribution in [0.5, 0.6) is 5.75 Å². The zero-order chi connectivity index (χ0) is 17.5. The quantitative estimate of drug-likeness (QED) is 0.743. The number of rotatable bonds is 6. The number of terminal acetylenes is 1. The summed E-state index contributed by atoms with van der Waals surface area (Å²) in [6, 6.07) is 12.8. The summed E-state index contributed by atoms with van der Waals surface area (Å²) in [5.41, 5.74) is 0.787. The number of halogens is 2. The van der Waals surface area contributed by atoms with Crippen LogP contribution in [-0.2, 0) is 11.3 Å². The van der Waals surface area contributed by atoms with E-state index in [1.807, 2.05) is 0 Å². The highest BCUT2D eigenvalue weighted by Crippen LogP contribution is 2.19. The van der Waals surface area contributed by atoms with E-state index in [1.165, 1.54) is 17.0 Å². The highest BCUT2D eigenvalue weighted by molar-refractivity contribution is 6.30. The van der Waals surface area contributed by atoms with Gasteiger partial charge in [0.25, 0.3) is 5.91 Å². The third-order valence-electron chi connectivity index (χ3n) is 3.34. The fourth-order valence-corrected chi connectivity index (χ4v) is 2.36. The lowest BCUT2D eigenvalue weighted by molar-refractivity contribution is -0.137. The predicted molar refractivity (Wildman–Crippen MR) is 92.2 cm³/mol. The van der Waals surface area contributed by atoms with Crippen LogP contribution < -0.4 is 4.74 Å². The van der Waals surface area contributed by atoms with E-state index in [9.17, 15) is 9.18 Å². The first-order valence-electron chi connectivity index (χ1n) is 7.38. The van der Waals surface area contributed by atoms with Crippen molar-refractivity contribution in [2.75, 3.05) is 6.54 Å². The van der Waals surface area contributed by atoms with Crippen LogP contribution in [0, 0.1) is 18.2 Å². The molecule has 24 heavy (non-hydrogen) atoms. The summed E-state index contributed by atoms with van der Waals surface area (Å²) in [4.78, 5) is 14.1. The molecule has 0 aliphatic rings. The van der Waals surface area contributed by atoms with Crippen molar-refractivity contribution in [3.63, 3.8) is 0 Å². The summed E-state index contributed by atoms with van der Waals surface area (Å²) < 4.78 is 18.6. The van der Waals surface area contributed by atoms with E-state index in [0.717, 1.165) is 5.56 Å². The van der Waals surface area contributed by atoms with Crippen molar-refractivity contribution in [3.8, 4) is 18.1 Å². The third kappa shape index (κ3) is 5.00. The van der Waals surface area contributed by atoms with Crippen LogP contribution in [0.2, 0.25) is 5.02 Å². The number of amides is 1. The summed E-state index contributed by atoms with van der Waals surface area (Å²) in [6.07, 6.45) is 4.63. The molecule has 0 bridgehead atoms. The largest absolute Gasteiger partial charge is 0.481 e. The molecule has 0 saturated heterocycles. The molecule has 5 heteroatoms. The second-order valence-corrected chi connectivity index (χ2v) is 5.68. The summed E-state index contributed by atoms with van der Waals surface area (Å²) >= 11 is 5.91. The maximum absolute atomic E-state index is 13.0. The van der Waals surface area contributed by atoms with Crippen LogP contribution in [0.4, 0.5) is 4.39 Å². The van der Waals surface area contributed by atoms with Gasteiger partial charge in [-0.05, 0) is 42.8 Å². The molecule has 2 aromatic rings. The monoisotopic (exact) mass is 345 g/mol. The zero-order valence-electron chi connectivity index (χ0n) is 13.2. The van der Waals surface area contributed by atoms with E-state index < -0.39 is 6.10 Å². The number of ether oxygens (including phenoxy) is 1. The Morgan fingerprint density at radius 3 is 2.67 bits per heavy atom. The topological polar surface area (TPSA) is 29.5 Å². The van der Waals surface area contributed by atoms with E-state index in [0.29, 0.717) is 10.8 Å². The van der Waals surface area contributed by atoms with Gasteiger partial charge in [-0.15, -0.1) is 6.42 Å². The first-order chi connectivity index (χ1) is 11.5. The van der Waals surface area contributed by atoms with E-state index in [-0.39, 0.29) is 24.8 Å². The average Bonchev–Trinajstić information content (AvgIpc) is 2.55. The molecule has 0 aromatic heterocycles. The van der Waals surface area contributed by atoms with Gasteiger partial charge >= 0.3 is 0 Å². The molecule has 0 spiro atoms. The molecule has 3 nitrogen and oxygen atoms in total. The first-order valence-corrected chi connectivity index (χ1v) is 7.76. The van der Waals surface area contributed by atoms with Crippen molar-refractivity contribution in [2.24, 2.45) is 0 Å². The Labute approximate surface area is 146 Å². The van der Waals surface area contributed by atoms with Crippen LogP contribution in [0.25, 0.3) is 0 Å². The second-order valence-electron chi connectivity index (χ2n) is 5.24. The fourth-order valence-electron chi connectivity index (χ4n) is 2.18. The van der Waals surface area contributed by atoms with Crippen LogP contribution in [-0.4, -0.2) is 23.5 Å². The Bertz CT molecular complexity index is 740. The molecule has 0 N–H and O–H groups in total. The van der Waals surface area contributed by atoms with Gasteiger partial charge in [-0.2, -0.15) is 0 Å². The van der Waals surface area contributed by atoms with Crippen LogP contribution in [0.15, 0.2) is 48.5 Å². The molecule has 1 atom stereocenters. The number of carbonyl (C=O) groups excluding carboxylic acids is 1. The highest BCUT2D eigenvalue weighted by Gasteiger charge is 2.22. The van der Waals surface area contributed by atoms with Gasteiger partial charge in [0, 0.05) is 11.6 Å². The number of carbonyl (C=O) groups is 1. The summed E-state index contributed by atoms with van der Waals surface area (Å²) in [6.45, 7) is 2.07. The van der Waals surface area contributed by atoms with Crippen LogP contribution in [0.3, 0.4) is 0 Å². The maximum atomic E-state index is 13.0. The summed E-state index contributed by atoms with van der Waals surface area (Å²) in [5, 5.41) is 0.527. The zero-order valence-corrected chi connectivity index (χ0v) is 14.0. The molecule has 0 saturated carbocycles. The number of nitrogens with zero attached hydrogens (tertiary/aromatic N) is 1. The van der Waals surface area contributed by atoms with E-state index >= 15 is 0 Å². The first kappa shape index (κ1) is 17.8. The van der Waals surface area contributed by atoms with E-state index in [4.69, 9.17) is 22.8 Å². The third-order valence-corrected chi connectivity index (χ3v) is 3.57. The summed E-state index contributed by atoms with van der Waals surface area (Å²) in [7, 11) is 0. The van der Waals surface area contributed by atoms with Crippen LogP contribution in [0.1, 0.15) is 12.5 Å². The average molecular weight is 346 g/mol. The Kier molecular flexibility index (Phi) is 6.22. The van der Waals surface area contributed by atoms with Gasteiger partial charge in [0.2, 0.25) is 0 Å². The molecule has 0 aliphatic carbocycles. The predicted octanol–water partition coefficient (Wildman–Crippen LogP) is 3.91. The molecule has 0 heterocycles.